The lowest BCUT2D eigenvalue weighted by atomic mass is 10.1. The topological polar surface area (TPSA) is 34.1 Å². The summed E-state index contributed by atoms with van der Waals surface area (Å²) in [5, 5.41) is 4.69. The number of para-hydroxylation sites is 1. The van der Waals surface area contributed by atoms with Crippen LogP contribution in [-0.2, 0) is 6.54 Å². The Balaban J connectivity index is 2.31. The predicted molar refractivity (Wildman–Crippen MR) is 88.7 cm³/mol. The Hall–Kier alpha value is -1.61. The van der Waals surface area contributed by atoms with Gasteiger partial charge in [-0.05, 0) is 44.9 Å². The molecule has 0 bridgehead atoms. The molecule has 1 heterocycles. The predicted octanol–water partition coefficient (Wildman–Crippen LogP) is 4.16. The maximum atomic E-state index is 5.94. The molecule has 0 aliphatic heterocycles. The summed E-state index contributed by atoms with van der Waals surface area (Å²) in [4.78, 5) is 4.61. The summed E-state index contributed by atoms with van der Waals surface area (Å²) in [6.45, 7) is 12.4. The molecule has 0 amide bonds. The summed E-state index contributed by atoms with van der Waals surface area (Å²) >= 11 is 0. The molecule has 0 spiro atoms. The molecule has 0 fully saturated rings. The zero-order chi connectivity index (χ0) is 15.5. The van der Waals surface area contributed by atoms with E-state index in [2.05, 4.69) is 42.3 Å². The Morgan fingerprint density at radius 2 is 1.90 bits per heavy atom. The smallest absolute Gasteiger partial charge is 0.214 e. The average molecular weight is 286 g/mol. The van der Waals surface area contributed by atoms with Crippen molar-refractivity contribution in [1.29, 1.82) is 0 Å². The number of pyridine rings is 1. The molecule has 1 aromatic heterocycles. The van der Waals surface area contributed by atoms with Gasteiger partial charge < -0.3 is 10.1 Å². The minimum atomic E-state index is -0.238. The first-order valence-electron chi connectivity index (χ1n) is 7.63. The van der Waals surface area contributed by atoms with Gasteiger partial charge in [0.05, 0.1) is 5.52 Å². The summed E-state index contributed by atoms with van der Waals surface area (Å²) in [6.07, 6.45) is 0. The fourth-order valence-electron chi connectivity index (χ4n) is 2.23. The minimum absolute atomic E-state index is 0.238. The van der Waals surface area contributed by atoms with Crippen LogP contribution in [0.15, 0.2) is 30.3 Å². The Labute approximate surface area is 127 Å². The molecule has 2 rings (SSSR count). The van der Waals surface area contributed by atoms with E-state index in [9.17, 15) is 0 Å². The first kappa shape index (κ1) is 15.8. The summed E-state index contributed by atoms with van der Waals surface area (Å²) in [7, 11) is 0. The van der Waals surface area contributed by atoms with E-state index in [0.717, 1.165) is 18.6 Å². The van der Waals surface area contributed by atoms with Crippen LogP contribution < -0.4 is 10.1 Å². The molecule has 1 N–H and O–H groups in total. The average Bonchev–Trinajstić information content (AvgIpc) is 2.36. The van der Waals surface area contributed by atoms with E-state index in [1.54, 1.807) is 0 Å². The maximum absolute atomic E-state index is 5.94. The highest BCUT2D eigenvalue weighted by Gasteiger charge is 2.14. The van der Waals surface area contributed by atoms with Gasteiger partial charge in [-0.1, -0.05) is 32.0 Å². The van der Waals surface area contributed by atoms with Crippen LogP contribution in [0.4, 0.5) is 0 Å². The molecule has 0 unspecified atom stereocenters. The highest BCUT2D eigenvalue weighted by Crippen LogP contribution is 2.24. The van der Waals surface area contributed by atoms with Crippen molar-refractivity contribution in [2.24, 2.45) is 5.92 Å². The third-order valence-corrected chi connectivity index (χ3v) is 3.06. The molecular formula is C18H26N2O. The molecular weight excluding hydrogens is 260 g/mol. The monoisotopic (exact) mass is 286 g/mol. The molecule has 0 saturated carbocycles. The number of ether oxygens (including phenoxy) is 1. The van der Waals surface area contributed by atoms with E-state index < -0.39 is 0 Å². The normalized spacial score (nSPS) is 12.1. The van der Waals surface area contributed by atoms with E-state index in [1.165, 1.54) is 10.9 Å². The van der Waals surface area contributed by atoms with Gasteiger partial charge in [0.1, 0.15) is 5.60 Å². The number of nitrogens with zero attached hydrogens (tertiary/aromatic N) is 1. The van der Waals surface area contributed by atoms with Crippen molar-refractivity contribution in [3.63, 3.8) is 0 Å². The van der Waals surface area contributed by atoms with E-state index in [0.29, 0.717) is 11.8 Å². The van der Waals surface area contributed by atoms with E-state index in [-0.39, 0.29) is 5.60 Å². The lowest BCUT2D eigenvalue weighted by Gasteiger charge is -2.21. The Morgan fingerprint density at radius 1 is 1.19 bits per heavy atom. The number of hydrogen-bond acceptors (Lipinski definition) is 3. The molecule has 0 aliphatic rings. The van der Waals surface area contributed by atoms with Crippen LogP contribution in [0, 0.1) is 5.92 Å². The van der Waals surface area contributed by atoms with Gasteiger partial charge >= 0.3 is 0 Å². The fraction of sp³-hybridized carbons (Fsp3) is 0.500. The van der Waals surface area contributed by atoms with Crippen LogP contribution in [-0.4, -0.2) is 17.1 Å². The zero-order valence-corrected chi connectivity index (χ0v) is 13.7. The van der Waals surface area contributed by atoms with E-state index in [4.69, 9.17) is 4.74 Å². The van der Waals surface area contributed by atoms with Crippen molar-refractivity contribution < 1.29 is 4.74 Å². The number of fused-ring (bicyclic) bond motifs is 1. The quantitative estimate of drug-likeness (QED) is 0.896. The van der Waals surface area contributed by atoms with E-state index in [1.807, 2.05) is 32.9 Å². The Morgan fingerprint density at radius 3 is 2.57 bits per heavy atom. The molecule has 3 nitrogen and oxygen atoms in total. The molecule has 0 aliphatic carbocycles. The fourth-order valence-corrected chi connectivity index (χ4v) is 2.23. The van der Waals surface area contributed by atoms with Gasteiger partial charge in [-0.3, -0.25) is 0 Å². The molecule has 0 saturated heterocycles. The molecule has 114 valence electrons. The summed E-state index contributed by atoms with van der Waals surface area (Å²) in [5.41, 5.74) is 1.99. The number of aromatic nitrogens is 1. The number of nitrogens with one attached hydrogen (secondary N) is 1. The van der Waals surface area contributed by atoms with Gasteiger partial charge in [0, 0.05) is 18.0 Å². The van der Waals surface area contributed by atoms with Gasteiger partial charge in [-0.2, -0.15) is 0 Å². The molecule has 0 radical (unpaired) electrons. The van der Waals surface area contributed by atoms with Gasteiger partial charge in [0.2, 0.25) is 5.88 Å². The van der Waals surface area contributed by atoms with Crippen LogP contribution in [0.1, 0.15) is 40.2 Å². The molecule has 1 aromatic carbocycles. The lowest BCUT2D eigenvalue weighted by Crippen LogP contribution is -2.24. The van der Waals surface area contributed by atoms with Crippen LogP contribution in [0.25, 0.3) is 10.9 Å². The highest BCUT2D eigenvalue weighted by atomic mass is 16.5. The molecule has 3 heteroatoms. The third kappa shape index (κ3) is 4.71. The number of rotatable bonds is 5. The largest absolute Gasteiger partial charge is 0.472 e. The van der Waals surface area contributed by atoms with Crippen molar-refractivity contribution in [3.05, 3.63) is 35.9 Å². The summed E-state index contributed by atoms with van der Waals surface area (Å²) in [5.74, 6) is 1.34. The minimum Gasteiger partial charge on any atom is -0.472 e. The highest BCUT2D eigenvalue weighted by molar-refractivity contribution is 5.82. The van der Waals surface area contributed by atoms with E-state index >= 15 is 0 Å². The second-order valence-electron chi connectivity index (χ2n) is 6.88. The standard InChI is InChI=1S/C18H26N2O/c1-13(2)11-19-12-14-10-17(21-18(3,4)5)20-16-9-7-6-8-15(14)16/h6-10,13,19H,11-12H2,1-5H3. The van der Waals surface area contributed by atoms with Crippen LogP contribution >= 0.6 is 0 Å². The van der Waals surface area contributed by atoms with Crippen molar-refractivity contribution in [2.45, 2.75) is 46.8 Å². The molecule has 0 atom stereocenters. The van der Waals surface area contributed by atoms with Crippen molar-refractivity contribution >= 4 is 10.9 Å². The van der Waals surface area contributed by atoms with Gasteiger partial charge in [0.25, 0.3) is 0 Å². The first-order valence-corrected chi connectivity index (χ1v) is 7.63. The van der Waals surface area contributed by atoms with Crippen LogP contribution in [0.3, 0.4) is 0 Å². The van der Waals surface area contributed by atoms with Gasteiger partial charge in [0.15, 0.2) is 0 Å². The Bertz CT molecular complexity index is 600. The summed E-state index contributed by atoms with van der Waals surface area (Å²) in [6, 6.07) is 10.3. The number of hydrogen-bond donors (Lipinski definition) is 1. The Kier molecular flexibility index (Phi) is 4.84. The second kappa shape index (κ2) is 6.44. The summed E-state index contributed by atoms with van der Waals surface area (Å²) < 4.78 is 5.94. The maximum Gasteiger partial charge on any atom is 0.214 e. The zero-order valence-electron chi connectivity index (χ0n) is 13.7. The van der Waals surface area contributed by atoms with Gasteiger partial charge in [-0.25, -0.2) is 4.98 Å². The van der Waals surface area contributed by atoms with Crippen molar-refractivity contribution in [2.75, 3.05) is 6.54 Å². The van der Waals surface area contributed by atoms with Crippen LogP contribution in [0.5, 0.6) is 5.88 Å². The van der Waals surface area contributed by atoms with Crippen LogP contribution in [0.2, 0.25) is 0 Å². The molecule has 21 heavy (non-hydrogen) atoms. The first-order chi connectivity index (χ1) is 9.85. The molecule has 2 aromatic rings. The SMILES string of the molecule is CC(C)CNCc1cc(OC(C)(C)C)nc2ccccc12. The third-order valence-electron chi connectivity index (χ3n) is 3.06. The lowest BCUT2D eigenvalue weighted by molar-refractivity contribution is 0.124. The van der Waals surface area contributed by atoms with Crippen molar-refractivity contribution in [1.82, 2.24) is 10.3 Å². The van der Waals surface area contributed by atoms with Crippen molar-refractivity contribution in [3.8, 4) is 5.88 Å². The number of benzene rings is 1. The van der Waals surface area contributed by atoms with Gasteiger partial charge in [-0.15, -0.1) is 0 Å². The second-order valence-corrected chi connectivity index (χ2v) is 6.88.